The van der Waals surface area contributed by atoms with Gasteiger partial charge in [0.25, 0.3) is 0 Å². The van der Waals surface area contributed by atoms with Crippen molar-refractivity contribution >= 4 is 5.91 Å². The molecule has 0 aromatic heterocycles. The lowest BCUT2D eigenvalue weighted by molar-refractivity contribution is -0.122. The highest BCUT2D eigenvalue weighted by Crippen LogP contribution is 2.26. The summed E-state index contributed by atoms with van der Waals surface area (Å²) in [5.74, 6) is 0.101. The van der Waals surface area contributed by atoms with Crippen LogP contribution in [-0.2, 0) is 4.79 Å². The molecule has 1 aliphatic rings. The Labute approximate surface area is 111 Å². The molecule has 1 amide bonds. The quantitative estimate of drug-likeness (QED) is 0.542. The Morgan fingerprint density at radius 1 is 1.11 bits per heavy atom. The van der Waals surface area contributed by atoms with Crippen molar-refractivity contribution in [3.05, 3.63) is 0 Å². The topological polar surface area (TPSA) is 49.3 Å². The first-order chi connectivity index (χ1) is 8.66. The van der Waals surface area contributed by atoms with Gasteiger partial charge in [-0.05, 0) is 19.3 Å². The van der Waals surface area contributed by atoms with Crippen LogP contribution in [0.1, 0.15) is 77.6 Å². The summed E-state index contributed by atoms with van der Waals surface area (Å²) in [6.07, 6.45) is 11.4. The number of unbranched alkanes of at least 4 members (excludes halogenated alkanes) is 3. The first-order valence-electron chi connectivity index (χ1n) is 7.65. The monoisotopic (exact) mass is 255 g/mol. The summed E-state index contributed by atoms with van der Waals surface area (Å²) in [4.78, 5) is 11.7. The highest BCUT2D eigenvalue weighted by atomic mass is 16.3. The summed E-state index contributed by atoms with van der Waals surface area (Å²) >= 11 is 0. The van der Waals surface area contributed by atoms with E-state index in [1.165, 1.54) is 25.7 Å². The molecule has 3 nitrogen and oxygen atoms in total. The first kappa shape index (κ1) is 15.5. The zero-order valence-electron chi connectivity index (χ0n) is 11.8. The van der Waals surface area contributed by atoms with Crippen LogP contribution in [0.25, 0.3) is 0 Å². The van der Waals surface area contributed by atoms with E-state index < -0.39 is 5.60 Å². The lowest BCUT2D eigenvalue weighted by Gasteiger charge is -2.26. The Bertz CT molecular complexity index is 233. The fourth-order valence-corrected chi connectivity index (χ4v) is 2.63. The average Bonchev–Trinajstić information content (AvgIpc) is 2.58. The van der Waals surface area contributed by atoms with E-state index in [4.69, 9.17) is 0 Å². The van der Waals surface area contributed by atoms with Gasteiger partial charge < -0.3 is 10.4 Å². The molecule has 1 fully saturated rings. The average molecular weight is 255 g/mol. The Balaban J connectivity index is 2.15. The predicted molar refractivity (Wildman–Crippen MR) is 74.4 cm³/mol. The summed E-state index contributed by atoms with van der Waals surface area (Å²) in [6, 6.07) is 0. The second-order valence-electron chi connectivity index (χ2n) is 5.73. The van der Waals surface area contributed by atoms with E-state index in [9.17, 15) is 9.90 Å². The fraction of sp³-hybridized carbons (Fsp3) is 0.933. The minimum atomic E-state index is -0.643. The van der Waals surface area contributed by atoms with Crippen molar-refractivity contribution in [1.29, 1.82) is 0 Å². The molecule has 1 rings (SSSR count). The molecule has 0 spiro atoms. The molecule has 106 valence electrons. The van der Waals surface area contributed by atoms with Gasteiger partial charge in [-0.15, -0.1) is 0 Å². The van der Waals surface area contributed by atoms with Gasteiger partial charge in [0, 0.05) is 13.0 Å². The van der Waals surface area contributed by atoms with Gasteiger partial charge in [-0.1, -0.05) is 51.9 Å². The molecule has 1 aliphatic carbocycles. The number of hydrogen-bond donors (Lipinski definition) is 2. The molecule has 0 heterocycles. The van der Waals surface area contributed by atoms with Gasteiger partial charge in [0.15, 0.2) is 0 Å². The van der Waals surface area contributed by atoms with Crippen LogP contribution in [0.3, 0.4) is 0 Å². The smallest absolute Gasteiger partial charge is 0.220 e. The first-order valence-corrected chi connectivity index (χ1v) is 7.65. The summed E-state index contributed by atoms with van der Waals surface area (Å²) in [7, 11) is 0. The van der Waals surface area contributed by atoms with E-state index in [0.717, 1.165) is 38.5 Å². The maximum absolute atomic E-state index is 11.7. The van der Waals surface area contributed by atoms with Gasteiger partial charge in [0.05, 0.1) is 5.60 Å². The highest BCUT2D eigenvalue weighted by molar-refractivity contribution is 5.75. The van der Waals surface area contributed by atoms with Crippen molar-refractivity contribution in [3.8, 4) is 0 Å². The maximum Gasteiger partial charge on any atom is 0.220 e. The zero-order valence-corrected chi connectivity index (χ0v) is 11.8. The standard InChI is InChI=1S/C15H29NO2/c1-2-3-4-7-10-14(17)16-13-15(18)11-8-5-6-9-12-15/h18H,2-13H2,1H3,(H,16,17). The highest BCUT2D eigenvalue weighted by Gasteiger charge is 2.28. The van der Waals surface area contributed by atoms with Crippen molar-refractivity contribution < 1.29 is 9.90 Å². The second kappa shape index (κ2) is 8.52. The number of hydrogen-bond acceptors (Lipinski definition) is 2. The van der Waals surface area contributed by atoms with E-state index in [-0.39, 0.29) is 5.91 Å². The normalized spacial score (nSPS) is 19.2. The van der Waals surface area contributed by atoms with Gasteiger partial charge in [0.1, 0.15) is 0 Å². The van der Waals surface area contributed by atoms with Crippen LogP contribution in [0.15, 0.2) is 0 Å². The van der Waals surface area contributed by atoms with Crippen LogP contribution >= 0.6 is 0 Å². The van der Waals surface area contributed by atoms with Gasteiger partial charge in [-0.25, -0.2) is 0 Å². The lowest BCUT2D eigenvalue weighted by atomic mass is 9.94. The number of nitrogens with one attached hydrogen (secondary N) is 1. The van der Waals surface area contributed by atoms with Crippen LogP contribution in [-0.4, -0.2) is 23.2 Å². The van der Waals surface area contributed by atoms with E-state index in [2.05, 4.69) is 12.2 Å². The molecule has 2 N–H and O–H groups in total. The van der Waals surface area contributed by atoms with Crippen LogP contribution < -0.4 is 5.32 Å². The number of carbonyl (C=O) groups excluding carboxylic acids is 1. The van der Waals surface area contributed by atoms with Gasteiger partial charge in [-0.2, -0.15) is 0 Å². The molecule has 0 saturated heterocycles. The van der Waals surface area contributed by atoms with Crippen LogP contribution in [0.5, 0.6) is 0 Å². The van der Waals surface area contributed by atoms with Crippen LogP contribution in [0.2, 0.25) is 0 Å². The number of aliphatic hydroxyl groups is 1. The van der Waals surface area contributed by atoms with Crippen molar-refractivity contribution in [1.82, 2.24) is 5.32 Å². The fourth-order valence-electron chi connectivity index (χ4n) is 2.63. The SMILES string of the molecule is CCCCCCC(=O)NCC1(O)CCCCCC1. The van der Waals surface area contributed by atoms with Crippen molar-refractivity contribution in [2.45, 2.75) is 83.2 Å². The molecular formula is C15H29NO2. The Morgan fingerprint density at radius 2 is 1.78 bits per heavy atom. The molecule has 0 radical (unpaired) electrons. The molecule has 0 aromatic carbocycles. The third-order valence-electron chi connectivity index (χ3n) is 3.91. The Kier molecular flexibility index (Phi) is 7.33. The molecule has 0 unspecified atom stereocenters. The van der Waals surface area contributed by atoms with Crippen molar-refractivity contribution in [3.63, 3.8) is 0 Å². The largest absolute Gasteiger partial charge is 0.388 e. The van der Waals surface area contributed by atoms with Gasteiger partial charge >= 0.3 is 0 Å². The van der Waals surface area contributed by atoms with Crippen molar-refractivity contribution in [2.75, 3.05) is 6.54 Å². The number of amides is 1. The van der Waals surface area contributed by atoms with E-state index in [0.29, 0.717) is 13.0 Å². The van der Waals surface area contributed by atoms with Crippen molar-refractivity contribution in [2.24, 2.45) is 0 Å². The molecule has 0 aromatic rings. The molecule has 0 bridgehead atoms. The second-order valence-corrected chi connectivity index (χ2v) is 5.73. The third kappa shape index (κ3) is 6.39. The molecule has 3 heteroatoms. The maximum atomic E-state index is 11.7. The van der Waals surface area contributed by atoms with Crippen LogP contribution in [0, 0.1) is 0 Å². The minimum Gasteiger partial charge on any atom is -0.388 e. The molecule has 18 heavy (non-hydrogen) atoms. The predicted octanol–water partition coefficient (Wildman–Crippen LogP) is 3.16. The summed E-state index contributed by atoms with van der Waals surface area (Å²) in [5, 5.41) is 13.3. The van der Waals surface area contributed by atoms with Gasteiger partial charge in [-0.3, -0.25) is 4.79 Å². The molecule has 0 aliphatic heterocycles. The zero-order chi connectivity index (χ0) is 13.3. The van der Waals surface area contributed by atoms with E-state index in [1.807, 2.05) is 0 Å². The number of rotatable bonds is 7. The molecule has 1 saturated carbocycles. The summed E-state index contributed by atoms with van der Waals surface area (Å²) < 4.78 is 0. The number of carbonyl (C=O) groups is 1. The van der Waals surface area contributed by atoms with E-state index >= 15 is 0 Å². The Morgan fingerprint density at radius 3 is 2.39 bits per heavy atom. The van der Waals surface area contributed by atoms with Crippen LogP contribution in [0.4, 0.5) is 0 Å². The minimum absolute atomic E-state index is 0.101. The van der Waals surface area contributed by atoms with Gasteiger partial charge in [0.2, 0.25) is 5.91 Å². The summed E-state index contributed by atoms with van der Waals surface area (Å²) in [6.45, 7) is 2.61. The van der Waals surface area contributed by atoms with E-state index in [1.54, 1.807) is 0 Å². The third-order valence-corrected chi connectivity index (χ3v) is 3.91. The molecular weight excluding hydrogens is 226 g/mol. The summed E-state index contributed by atoms with van der Waals surface area (Å²) in [5.41, 5.74) is -0.643. The lowest BCUT2D eigenvalue weighted by Crippen LogP contribution is -2.42. The molecule has 0 atom stereocenters. The Hall–Kier alpha value is -0.570.